The summed E-state index contributed by atoms with van der Waals surface area (Å²) < 4.78 is 5.16. The fourth-order valence-electron chi connectivity index (χ4n) is 3.68. The van der Waals surface area contributed by atoms with Crippen LogP contribution in [0.1, 0.15) is 10.4 Å². The molecule has 0 fully saturated rings. The van der Waals surface area contributed by atoms with Crippen LogP contribution >= 0.6 is 0 Å². The molecule has 0 unspecified atom stereocenters. The summed E-state index contributed by atoms with van der Waals surface area (Å²) in [6.45, 7) is 0. The van der Waals surface area contributed by atoms with Crippen LogP contribution in [0.5, 0.6) is 11.5 Å². The fourth-order valence-corrected chi connectivity index (χ4v) is 3.68. The van der Waals surface area contributed by atoms with Gasteiger partial charge in [-0.05, 0) is 60.0 Å². The van der Waals surface area contributed by atoms with Gasteiger partial charge in [-0.15, -0.1) is 5.11 Å². The van der Waals surface area contributed by atoms with E-state index in [1.54, 1.807) is 43.5 Å². The van der Waals surface area contributed by atoms with E-state index in [0.29, 0.717) is 22.5 Å². The summed E-state index contributed by atoms with van der Waals surface area (Å²) in [5, 5.41) is 24.8. The molecule has 0 radical (unpaired) electrons. The number of aromatic nitrogens is 1. The summed E-state index contributed by atoms with van der Waals surface area (Å²) in [4.78, 5) is 16.2. The number of phenolic OH excluding ortho intramolecular Hbond substituents is 1. The number of methoxy groups -OCH3 is 1. The van der Waals surface area contributed by atoms with Crippen LogP contribution in [-0.2, 0) is 0 Å². The van der Waals surface area contributed by atoms with E-state index in [0.717, 1.165) is 16.3 Å². The molecule has 0 saturated carbocycles. The molecule has 4 aromatic carbocycles. The molecule has 5 rings (SSSR count). The molecule has 7 nitrogen and oxygen atoms in total. The first kappa shape index (κ1) is 20.3. The molecule has 7 heteroatoms. The number of hydrogen-bond donors (Lipinski definition) is 3. The third-order valence-corrected chi connectivity index (χ3v) is 5.39. The quantitative estimate of drug-likeness (QED) is 0.267. The molecule has 1 aromatic heterocycles. The van der Waals surface area contributed by atoms with Crippen LogP contribution < -0.4 is 10.1 Å². The number of benzene rings is 4. The highest BCUT2D eigenvalue weighted by atomic mass is 16.5. The summed E-state index contributed by atoms with van der Waals surface area (Å²) >= 11 is 0. The highest BCUT2D eigenvalue weighted by Gasteiger charge is 2.18. The second kappa shape index (κ2) is 8.47. The van der Waals surface area contributed by atoms with Crippen molar-refractivity contribution in [3.05, 3.63) is 90.6 Å². The number of fused-ring (bicyclic) bond motifs is 2. The van der Waals surface area contributed by atoms with E-state index in [-0.39, 0.29) is 17.0 Å². The average Bonchev–Trinajstić information content (AvgIpc) is 3.31. The van der Waals surface area contributed by atoms with E-state index in [1.165, 1.54) is 0 Å². The molecule has 0 saturated heterocycles. The molecule has 1 amide bonds. The third-order valence-electron chi connectivity index (χ3n) is 5.39. The molecule has 33 heavy (non-hydrogen) atoms. The Hall–Kier alpha value is -4.65. The van der Waals surface area contributed by atoms with Gasteiger partial charge in [0.15, 0.2) is 5.75 Å². The lowest BCUT2D eigenvalue weighted by Crippen LogP contribution is -2.12. The normalized spacial score (nSPS) is 11.3. The zero-order chi connectivity index (χ0) is 22.8. The standard InChI is InChI=1S/C26H20N4O3/c1-33-20-9-6-18(7-10-20)29-30-24-21-5-3-2-4-16(21)15-22(25(24)31)26(32)28-19-8-11-23-17(14-19)12-13-27-23/h2-15,27,31H,1H3,(H,28,32). The van der Waals surface area contributed by atoms with Crippen LogP contribution in [0.15, 0.2) is 95.3 Å². The van der Waals surface area contributed by atoms with Crippen LogP contribution in [-0.4, -0.2) is 23.1 Å². The smallest absolute Gasteiger partial charge is 0.259 e. The third kappa shape index (κ3) is 3.99. The van der Waals surface area contributed by atoms with E-state index in [1.807, 2.05) is 48.7 Å². The van der Waals surface area contributed by atoms with Gasteiger partial charge in [0.25, 0.3) is 5.91 Å². The number of phenols is 1. The van der Waals surface area contributed by atoms with Gasteiger partial charge in [0.2, 0.25) is 0 Å². The van der Waals surface area contributed by atoms with Gasteiger partial charge in [-0.1, -0.05) is 24.3 Å². The molecule has 0 aliphatic carbocycles. The Balaban J connectivity index is 1.52. The van der Waals surface area contributed by atoms with Crippen LogP contribution in [0, 0.1) is 0 Å². The van der Waals surface area contributed by atoms with Crippen LogP contribution in [0.2, 0.25) is 0 Å². The zero-order valence-corrected chi connectivity index (χ0v) is 17.7. The van der Waals surface area contributed by atoms with E-state index >= 15 is 0 Å². The Kier molecular flexibility index (Phi) is 5.20. The Labute approximate surface area is 189 Å². The van der Waals surface area contributed by atoms with E-state index < -0.39 is 5.91 Å². The van der Waals surface area contributed by atoms with Crippen molar-refractivity contribution in [2.75, 3.05) is 12.4 Å². The van der Waals surface area contributed by atoms with Gasteiger partial charge >= 0.3 is 0 Å². The Bertz CT molecular complexity index is 1500. The number of ether oxygens (including phenoxy) is 1. The lowest BCUT2D eigenvalue weighted by atomic mass is 10.0. The number of rotatable bonds is 5. The SMILES string of the molecule is COc1ccc(N=Nc2c(O)c(C(=O)Nc3ccc4[nH]ccc4c3)cc3ccccc23)cc1. The molecule has 0 spiro atoms. The highest BCUT2D eigenvalue weighted by Crippen LogP contribution is 2.39. The summed E-state index contributed by atoms with van der Waals surface area (Å²) in [5.41, 5.74) is 2.54. The van der Waals surface area contributed by atoms with Crippen molar-refractivity contribution in [3.63, 3.8) is 0 Å². The highest BCUT2D eigenvalue weighted by molar-refractivity contribution is 6.12. The number of carbonyl (C=O) groups excluding carboxylic acids is 1. The van der Waals surface area contributed by atoms with Gasteiger partial charge in [-0.25, -0.2) is 0 Å². The van der Waals surface area contributed by atoms with Gasteiger partial charge < -0.3 is 20.1 Å². The van der Waals surface area contributed by atoms with Crippen molar-refractivity contribution in [2.45, 2.75) is 0 Å². The van der Waals surface area contributed by atoms with E-state index in [4.69, 9.17) is 4.74 Å². The number of anilines is 1. The average molecular weight is 436 g/mol. The summed E-state index contributed by atoms with van der Waals surface area (Å²) in [6.07, 6.45) is 1.84. The maximum absolute atomic E-state index is 13.1. The second-order valence-electron chi connectivity index (χ2n) is 7.47. The van der Waals surface area contributed by atoms with Crippen molar-refractivity contribution in [1.82, 2.24) is 4.98 Å². The second-order valence-corrected chi connectivity index (χ2v) is 7.47. The number of aromatic hydroxyl groups is 1. The minimum atomic E-state index is -0.436. The van der Waals surface area contributed by atoms with Gasteiger partial charge in [-0.3, -0.25) is 4.79 Å². The number of amides is 1. The Morgan fingerprint density at radius 2 is 1.76 bits per heavy atom. The van der Waals surface area contributed by atoms with E-state index in [9.17, 15) is 9.90 Å². The molecule has 3 N–H and O–H groups in total. The summed E-state index contributed by atoms with van der Waals surface area (Å²) in [6, 6.07) is 23.6. The molecule has 1 heterocycles. The topological polar surface area (TPSA) is 99.1 Å². The van der Waals surface area contributed by atoms with Crippen LogP contribution in [0.3, 0.4) is 0 Å². The number of carbonyl (C=O) groups is 1. The fraction of sp³-hybridized carbons (Fsp3) is 0.0385. The predicted octanol–water partition coefficient (Wildman–Crippen LogP) is 6.70. The van der Waals surface area contributed by atoms with Gasteiger partial charge in [-0.2, -0.15) is 5.11 Å². The molecule has 0 aliphatic heterocycles. The summed E-state index contributed by atoms with van der Waals surface area (Å²) in [5.74, 6) is 0.0407. The van der Waals surface area contributed by atoms with Gasteiger partial charge in [0, 0.05) is 28.2 Å². The van der Waals surface area contributed by atoms with Crippen molar-refractivity contribution in [2.24, 2.45) is 10.2 Å². The first-order valence-corrected chi connectivity index (χ1v) is 10.3. The zero-order valence-electron chi connectivity index (χ0n) is 17.7. The first-order valence-electron chi connectivity index (χ1n) is 10.3. The molecule has 0 atom stereocenters. The van der Waals surface area contributed by atoms with Gasteiger partial charge in [0.05, 0.1) is 18.4 Å². The van der Waals surface area contributed by atoms with E-state index in [2.05, 4.69) is 20.5 Å². The first-order chi connectivity index (χ1) is 16.1. The number of aromatic amines is 1. The maximum atomic E-state index is 13.1. The van der Waals surface area contributed by atoms with Gasteiger partial charge in [0.1, 0.15) is 11.4 Å². The Morgan fingerprint density at radius 1 is 0.939 bits per heavy atom. The predicted molar refractivity (Wildman–Crippen MR) is 129 cm³/mol. The minimum absolute atomic E-state index is 0.117. The Morgan fingerprint density at radius 3 is 2.58 bits per heavy atom. The van der Waals surface area contributed by atoms with Crippen LogP contribution in [0.25, 0.3) is 21.7 Å². The van der Waals surface area contributed by atoms with Crippen molar-refractivity contribution < 1.29 is 14.6 Å². The van der Waals surface area contributed by atoms with Crippen molar-refractivity contribution in [3.8, 4) is 11.5 Å². The molecular weight excluding hydrogens is 416 g/mol. The molecular formula is C26H20N4O3. The number of nitrogens with zero attached hydrogens (tertiary/aromatic N) is 2. The molecule has 0 aliphatic rings. The minimum Gasteiger partial charge on any atom is -0.505 e. The lowest BCUT2D eigenvalue weighted by Gasteiger charge is -2.11. The number of H-pyrrole nitrogens is 1. The molecule has 5 aromatic rings. The number of azo groups is 1. The summed E-state index contributed by atoms with van der Waals surface area (Å²) in [7, 11) is 1.59. The lowest BCUT2D eigenvalue weighted by molar-refractivity contribution is 0.102. The molecule has 0 bridgehead atoms. The maximum Gasteiger partial charge on any atom is 0.259 e. The van der Waals surface area contributed by atoms with Crippen molar-refractivity contribution >= 4 is 44.6 Å². The largest absolute Gasteiger partial charge is 0.505 e. The monoisotopic (exact) mass is 436 g/mol. The number of hydrogen-bond acceptors (Lipinski definition) is 5. The number of nitrogens with one attached hydrogen (secondary N) is 2. The van der Waals surface area contributed by atoms with Crippen molar-refractivity contribution in [1.29, 1.82) is 0 Å². The molecule has 162 valence electrons. The van der Waals surface area contributed by atoms with Crippen LogP contribution in [0.4, 0.5) is 17.1 Å².